The average molecular weight is 937 g/mol. The first-order valence-corrected chi connectivity index (χ1v) is 26.0. The summed E-state index contributed by atoms with van der Waals surface area (Å²) in [6.45, 7) is 11.2. The number of aryl methyl sites for hydroxylation is 3. The summed E-state index contributed by atoms with van der Waals surface area (Å²) >= 11 is -1.90. The second-order valence-corrected chi connectivity index (χ2v) is 27.1. The normalized spacial score (nSPS) is 12.9. The Morgan fingerprint density at radius 3 is 2.28 bits per heavy atom. The summed E-state index contributed by atoms with van der Waals surface area (Å²) < 4.78 is 7.67. The van der Waals surface area contributed by atoms with E-state index in [0.717, 1.165) is 63.8 Å². The second kappa shape index (κ2) is 15.8. The molecule has 7 aromatic rings. The molecule has 0 atom stereocenters. The topological polar surface area (TPSA) is 51.8 Å². The van der Waals surface area contributed by atoms with Gasteiger partial charge in [0.15, 0.2) is 0 Å². The first kappa shape index (κ1) is 38.8. The minimum Gasteiger partial charge on any atom is -0.486 e. The molecule has 0 fully saturated rings. The van der Waals surface area contributed by atoms with Crippen molar-refractivity contribution < 1.29 is 24.5 Å². The van der Waals surface area contributed by atoms with Crippen molar-refractivity contribution in [2.75, 3.05) is 0 Å². The molecule has 1 radical (unpaired) electrons. The van der Waals surface area contributed by atoms with E-state index in [1.807, 2.05) is 30.5 Å². The molecule has 6 heteroatoms. The van der Waals surface area contributed by atoms with Gasteiger partial charge in [-0.05, 0) is 74.6 Å². The molecule has 53 heavy (non-hydrogen) atoms. The van der Waals surface area contributed by atoms with Crippen molar-refractivity contribution >= 4 is 39.7 Å². The van der Waals surface area contributed by atoms with Crippen LogP contribution in [0.1, 0.15) is 61.4 Å². The number of aromatic nitrogens is 3. The molecule has 4 nitrogen and oxygen atoms in total. The Balaban J connectivity index is 0.000000193. The van der Waals surface area contributed by atoms with E-state index in [0.29, 0.717) is 11.1 Å². The van der Waals surface area contributed by atoms with Gasteiger partial charge in [0.05, 0.1) is 11.3 Å². The Kier molecular flexibility index (Phi) is 11.6. The standard InChI is InChI=1S/C28H23N2O.C19H26GeN.Ir/c1-17-6-5-7-18(2)26(17)24-12-11-22-23-16-20(10-13-25(23)31-28(22)30-24)27-21-9-4-3-8-19(21)14-15-29-27;1-19(2,3)13-16-12-18(15-10-8-7-9-11-15)21-14-17(16)20(4,5)6;/h5-7,11-16H,3-4,8-9H2,1-2H3;7-10,12,14H,13H2,1-6H3;/q2*-1;. The minimum absolute atomic E-state index is 0. The van der Waals surface area contributed by atoms with Crippen LogP contribution in [-0.2, 0) is 39.4 Å². The Bertz CT molecular complexity index is 2360. The van der Waals surface area contributed by atoms with Gasteiger partial charge >= 0.3 is 132 Å². The Labute approximate surface area is 331 Å². The van der Waals surface area contributed by atoms with Crippen LogP contribution in [-0.4, -0.2) is 28.2 Å². The Morgan fingerprint density at radius 1 is 0.792 bits per heavy atom. The Hall–Kier alpha value is -3.90. The van der Waals surface area contributed by atoms with Gasteiger partial charge in [-0.3, -0.25) is 0 Å². The number of hydrogen-bond donors (Lipinski definition) is 0. The average Bonchev–Trinajstić information content (AvgIpc) is 3.48. The first-order chi connectivity index (χ1) is 24.9. The smallest absolute Gasteiger partial charge is 0.216 e. The fourth-order valence-corrected chi connectivity index (χ4v) is 10.9. The summed E-state index contributed by atoms with van der Waals surface area (Å²) in [6.07, 6.45) is 9.91. The fourth-order valence-electron chi connectivity index (χ4n) is 7.58. The largest absolute Gasteiger partial charge is 0.486 e. The molecule has 3 aromatic carbocycles. The van der Waals surface area contributed by atoms with Crippen LogP contribution in [0.3, 0.4) is 0 Å². The van der Waals surface area contributed by atoms with Crippen molar-refractivity contribution in [1.29, 1.82) is 0 Å². The molecule has 4 aromatic heterocycles. The van der Waals surface area contributed by atoms with E-state index in [1.54, 1.807) is 0 Å². The van der Waals surface area contributed by atoms with E-state index >= 15 is 0 Å². The molecule has 4 heterocycles. The molecule has 273 valence electrons. The van der Waals surface area contributed by atoms with Crippen molar-refractivity contribution in [3.05, 3.63) is 131 Å². The molecule has 0 saturated carbocycles. The molecular formula is C47H49GeIrN3O-2. The third-order valence-electron chi connectivity index (χ3n) is 10.0. The molecule has 0 bridgehead atoms. The SMILES string of the molecule is CC(C)(C)Cc1cc(-c2[c-]cccc2)nc[c]1[Ge]([CH3])([CH3])[CH3].Cc1cccc(C)c1-c1ccc2c(n1)oc1c[c-]c(-c3nccc4c3CCCC4)cc12.[Ir]. The summed E-state index contributed by atoms with van der Waals surface area (Å²) in [4.78, 5) is 14.3. The van der Waals surface area contributed by atoms with Crippen molar-refractivity contribution in [2.45, 2.75) is 84.0 Å². The van der Waals surface area contributed by atoms with E-state index in [-0.39, 0.29) is 20.1 Å². The zero-order chi connectivity index (χ0) is 36.6. The second-order valence-electron chi connectivity index (χ2n) is 16.5. The molecule has 0 unspecified atom stereocenters. The Morgan fingerprint density at radius 2 is 1.57 bits per heavy atom. The van der Waals surface area contributed by atoms with E-state index in [4.69, 9.17) is 19.4 Å². The van der Waals surface area contributed by atoms with Gasteiger partial charge in [0.2, 0.25) is 5.71 Å². The third kappa shape index (κ3) is 8.59. The predicted octanol–water partition coefficient (Wildman–Crippen LogP) is 11.7. The van der Waals surface area contributed by atoms with Gasteiger partial charge in [-0.25, -0.2) is 4.98 Å². The zero-order valence-electron chi connectivity index (χ0n) is 32.3. The van der Waals surface area contributed by atoms with Crippen LogP contribution in [0, 0.1) is 31.4 Å². The number of rotatable bonds is 5. The van der Waals surface area contributed by atoms with Crippen molar-refractivity contribution in [3.8, 4) is 33.8 Å². The van der Waals surface area contributed by atoms with Crippen LogP contribution >= 0.6 is 0 Å². The molecule has 0 saturated heterocycles. The fraction of sp³-hybridized carbons (Fsp3) is 0.298. The predicted molar refractivity (Wildman–Crippen MR) is 220 cm³/mol. The summed E-state index contributed by atoms with van der Waals surface area (Å²) in [5.41, 5.74) is 14.9. The van der Waals surface area contributed by atoms with Gasteiger partial charge in [-0.15, -0.1) is 23.8 Å². The van der Waals surface area contributed by atoms with Gasteiger partial charge in [0.25, 0.3) is 0 Å². The van der Waals surface area contributed by atoms with Crippen LogP contribution in [0.4, 0.5) is 0 Å². The third-order valence-corrected chi connectivity index (χ3v) is 14.4. The van der Waals surface area contributed by atoms with Gasteiger partial charge in [0, 0.05) is 37.3 Å². The summed E-state index contributed by atoms with van der Waals surface area (Å²) in [6, 6.07) is 33.9. The van der Waals surface area contributed by atoms with Gasteiger partial charge < -0.3 is 9.40 Å². The van der Waals surface area contributed by atoms with Crippen LogP contribution in [0.15, 0.2) is 95.7 Å². The summed E-state index contributed by atoms with van der Waals surface area (Å²) in [7, 11) is 0. The number of nitrogens with zero attached hydrogens (tertiary/aromatic N) is 3. The van der Waals surface area contributed by atoms with Crippen LogP contribution in [0.5, 0.6) is 0 Å². The quantitative estimate of drug-likeness (QED) is 0.127. The number of furan rings is 1. The summed E-state index contributed by atoms with van der Waals surface area (Å²) in [5.74, 6) is 7.33. The van der Waals surface area contributed by atoms with E-state index in [2.05, 4.69) is 125 Å². The monoisotopic (exact) mass is 938 g/mol. The molecule has 0 aliphatic heterocycles. The van der Waals surface area contributed by atoms with Crippen LogP contribution in [0.2, 0.25) is 17.3 Å². The molecular weight excluding hydrogens is 887 g/mol. The minimum atomic E-state index is -1.90. The zero-order valence-corrected chi connectivity index (χ0v) is 36.8. The number of fused-ring (bicyclic) bond motifs is 4. The van der Waals surface area contributed by atoms with Crippen LogP contribution < -0.4 is 4.40 Å². The first-order valence-electron chi connectivity index (χ1n) is 18.6. The maximum atomic E-state index is 6.14. The molecule has 0 amide bonds. The maximum Gasteiger partial charge on any atom is 0.216 e. The maximum absolute atomic E-state index is 6.14. The van der Waals surface area contributed by atoms with Gasteiger partial charge in [-0.1, -0.05) is 34.7 Å². The van der Waals surface area contributed by atoms with E-state index in [9.17, 15) is 0 Å². The van der Waals surface area contributed by atoms with Crippen molar-refractivity contribution in [2.24, 2.45) is 5.41 Å². The molecule has 1 aliphatic carbocycles. The van der Waals surface area contributed by atoms with Crippen molar-refractivity contribution in [1.82, 2.24) is 15.0 Å². The number of hydrogen-bond acceptors (Lipinski definition) is 4. The summed E-state index contributed by atoms with van der Waals surface area (Å²) in [5, 5.41) is 2.10. The number of benzene rings is 3. The van der Waals surface area contributed by atoms with Crippen LogP contribution in [0.25, 0.3) is 55.8 Å². The molecule has 0 N–H and O–H groups in total. The van der Waals surface area contributed by atoms with Crippen molar-refractivity contribution in [3.63, 3.8) is 0 Å². The number of pyridine rings is 3. The molecule has 8 rings (SSSR count). The van der Waals surface area contributed by atoms with Gasteiger partial charge in [0.1, 0.15) is 0 Å². The van der Waals surface area contributed by atoms with Gasteiger partial charge in [-0.2, -0.15) is 0 Å². The molecule has 1 aliphatic rings. The van der Waals surface area contributed by atoms with E-state index < -0.39 is 13.3 Å². The van der Waals surface area contributed by atoms with E-state index in [1.165, 1.54) is 50.6 Å². The molecule has 0 spiro atoms.